The van der Waals surface area contributed by atoms with E-state index < -0.39 is 0 Å². The summed E-state index contributed by atoms with van der Waals surface area (Å²) < 4.78 is 2.14. The molecule has 0 unspecified atom stereocenters. The molecule has 2 fully saturated rings. The average molecular weight is 372 g/mol. The predicted molar refractivity (Wildman–Crippen MR) is 98.4 cm³/mol. The van der Waals surface area contributed by atoms with Gasteiger partial charge in [0.05, 0.1) is 4.88 Å². The summed E-state index contributed by atoms with van der Waals surface area (Å²) >= 11 is 1.60. The lowest BCUT2D eigenvalue weighted by molar-refractivity contribution is 0.0909. The number of aromatic nitrogens is 3. The van der Waals surface area contributed by atoms with E-state index in [0.29, 0.717) is 17.8 Å². The number of carbonyl (C=O) groups is 1. The maximum atomic E-state index is 12.7. The van der Waals surface area contributed by atoms with Crippen molar-refractivity contribution in [2.45, 2.75) is 76.0 Å². The summed E-state index contributed by atoms with van der Waals surface area (Å²) in [6, 6.07) is 0.684. The van der Waals surface area contributed by atoms with Crippen LogP contribution in [0.3, 0.4) is 0 Å². The van der Waals surface area contributed by atoms with Crippen molar-refractivity contribution in [1.29, 1.82) is 0 Å². The highest BCUT2D eigenvalue weighted by Gasteiger charge is 2.39. The fraction of sp³-hybridized carbons (Fsp3) is 0.632. The monoisotopic (exact) mass is 372 g/mol. The minimum Gasteiger partial charge on any atom is -0.388 e. The summed E-state index contributed by atoms with van der Waals surface area (Å²) in [4.78, 5) is 13.6. The van der Waals surface area contributed by atoms with Crippen molar-refractivity contribution in [2.24, 2.45) is 0 Å². The zero-order valence-electron chi connectivity index (χ0n) is 14.8. The van der Waals surface area contributed by atoms with Gasteiger partial charge in [0, 0.05) is 18.0 Å². The molecule has 2 saturated carbocycles. The molecule has 2 aromatic heterocycles. The van der Waals surface area contributed by atoms with E-state index >= 15 is 0 Å². The van der Waals surface area contributed by atoms with Gasteiger partial charge in [-0.3, -0.25) is 4.79 Å². The molecule has 0 bridgehead atoms. The molecule has 0 radical (unpaired) electrons. The Labute approximate surface area is 156 Å². The summed E-state index contributed by atoms with van der Waals surface area (Å²) in [6.45, 7) is -0.0557. The van der Waals surface area contributed by atoms with Gasteiger partial charge < -0.3 is 15.0 Å². The molecule has 3 aliphatic carbocycles. The quantitative estimate of drug-likeness (QED) is 0.846. The average Bonchev–Trinajstić information content (AvgIpc) is 3.23. The van der Waals surface area contributed by atoms with Crippen LogP contribution in [0.4, 0.5) is 0 Å². The van der Waals surface area contributed by atoms with Crippen molar-refractivity contribution >= 4 is 17.2 Å². The molecule has 6 nitrogen and oxygen atoms in total. The second-order valence-corrected chi connectivity index (χ2v) is 8.73. The number of thiophene rings is 1. The number of hydrogen-bond acceptors (Lipinski definition) is 5. The van der Waals surface area contributed by atoms with Crippen LogP contribution in [0.5, 0.6) is 0 Å². The Balaban J connectivity index is 1.23. The van der Waals surface area contributed by atoms with E-state index in [1.807, 2.05) is 0 Å². The minimum atomic E-state index is -0.0557. The first-order valence-corrected chi connectivity index (χ1v) is 10.6. The van der Waals surface area contributed by atoms with Crippen molar-refractivity contribution in [3.63, 3.8) is 0 Å². The molecule has 7 heteroatoms. The number of aryl methyl sites for hydroxylation is 1. The topological polar surface area (TPSA) is 80.0 Å². The number of rotatable bonds is 5. The van der Waals surface area contributed by atoms with E-state index in [0.717, 1.165) is 49.2 Å². The van der Waals surface area contributed by atoms with Gasteiger partial charge in [0.15, 0.2) is 5.82 Å². The van der Waals surface area contributed by atoms with Crippen LogP contribution in [0.1, 0.15) is 82.9 Å². The number of nitrogens with one attached hydrogen (secondary N) is 1. The highest BCUT2D eigenvalue weighted by molar-refractivity contribution is 7.12. The third-order valence-electron chi connectivity index (χ3n) is 5.99. The van der Waals surface area contributed by atoms with Crippen LogP contribution < -0.4 is 5.32 Å². The standard InChI is InChI=1S/C19H24N4O2S/c24-9-16-21-22-18(23(16)14-5-6-14)12-7-13(8-12)20-19(25)17-15-4-2-1-3-11(15)10-26-17/h10,12-14,24H,1-9H2,(H,20,25). The number of fused-ring (bicyclic) bond motifs is 1. The molecule has 0 saturated heterocycles. The maximum Gasteiger partial charge on any atom is 0.261 e. The summed E-state index contributed by atoms with van der Waals surface area (Å²) in [5.41, 5.74) is 2.67. The first-order valence-electron chi connectivity index (χ1n) is 9.69. The van der Waals surface area contributed by atoms with Crippen molar-refractivity contribution < 1.29 is 9.90 Å². The molecule has 3 aliphatic rings. The number of amides is 1. The molecule has 5 rings (SSSR count). The summed E-state index contributed by atoms with van der Waals surface area (Å²) in [7, 11) is 0. The Morgan fingerprint density at radius 1 is 1.27 bits per heavy atom. The molecule has 138 valence electrons. The van der Waals surface area contributed by atoms with Gasteiger partial charge in [-0.05, 0) is 67.9 Å². The molecular formula is C19H24N4O2S. The minimum absolute atomic E-state index is 0.0557. The Morgan fingerprint density at radius 2 is 2.08 bits per heavy atom. The van der Waals surface area contributed by atoms with Crippen molar-refractivity contribution in [3.8, 4) is 0 Å². The van der Waals surface area contributed by atoms with E-state index in [4.69, 9.17) is 0 Å². The molecule has 26 heavy (non-hydrogen) atoms. The van der Waals surface area contributed by atoms with E-state index in [2.05, 4.69) is 25.5 Å². The lowest BCUT2D eigenvalue weighted by Crippen LogP contribution is -2.44. The summed E-state index contributed by atoms with van der Waals surface area (Å²) in [5.74, 6) is 2.11. The van der Waals surface area contributed by atoms with E-state index in [9.17, 15) is 9.90 Å². The molecular weight excluding hydrogens is 348 g/mol. The van der Waals surface area contributed by atoms with Crippen LogP contribution in [-0.4, -0.2) is 31.8 Å². The second-order valence-electron chi connectivity index (χ2n) is 7.85. The number of hydrogen-bond donors (Lipinski definition) is 2. The van der Waals surface area contributed by atoms with Gasteiger partial charge in [-0.25, -0.2) is 0 Å². The SMILES string of the molecule is O=C(NC1CC(c2nnc(CO)n2C2CC2)C1)c1scc2c1CCCC2. The fourth-order valence-electron chi connectivity index (χ4n) is 4.36. The van der Waals surface area contributed by atoms with Crippen LogP contribution in [0, 0.1) is 0 Å². The van der Waals surface area contributed by atoms with Gasteiger partial charge in [0.2, 0.25) is 0 Å². The van der Waals surface area contributed by atoms with Crippen LogP contribution in [0.2, 0.25) is 0 Å². The highest BCUT2D eigenvalue weighted by Crippen LogP contribution is 2.43. The molecule has 2 heterocycles. The molecule has 0 aromatic carbocycles. The van der Waals surface area contributed by atoms with Crippen LogP contribution >= 0.6 is 11.3 Å². The van der Waals surface area contributed by atoms with Gasteiger partial charge in [0.25, 0.3) is 5.91 Å². The first kappa shape index (κ1) is 16.4. The lowest BCUT2D eigenvalue weighted by atomic mass is 9.79. The Bertz CT molecular complexity index is 833. The van der Waals surface area contributed by atoms with Crippen molar-refractivity contribution in [3.05, 3.63) is 33.0 Å². The second kappa shape index (κ2) is 6.46. The molecule has 0 spiro atoms. The van der Waals surface area contributed by atoms with Crippen molar-refractivity contribution in [1.82, 2.24) is 20.1 Å². The normalized spacial score (nSPS) is 24.8. The van der Waals surface area contributed by atoms with Gasteiger partial charge in [-0.15, -0.1) is 21.5 Å². The van der Waals surface area contributed by atoms with E-state index in [1.165, 1.54) is 24.0 Å². The number of aliphatic hydroxyl groups is 1. The Kier molecular flexibility index (Phi) is 4.09. The third-order valence-corrected chi connectivity index (χ3v) is 7.06. The van der Waals surface area contributed by atoms with Crippen LogP contribution in [-0.2, 0) is 19.4 Å². The largest absolute Gasteiger partial charge is 0.388 e. The van der Waals surface area contributed by atoms with Gasteiger partial charge >= 0.3 is 0 Å². The molecule has 2 N–H and O–H groups in total. The van der Waals surface area contributed by atoms with Crippen LogP contribution in [0.25, 0.3) is 0 Å². The van der Waals surface area contributed by atoms with Gasteiger partial charge in [-0.2, -0.15) is 0 Å². The lowest BCUT2D eigenvalue weighted by Gasteiger charge is -2.35. The number of aliphatic hydroxyl groups excluding tert-OH is 1. The molecule has 0 aliphatic heterocycles. The van der Waals surface area contributed by atoms with Crippen molar-refractivity contribution in [2.75, 3.05) is 0 Å². The maximum absolute atomic E-state index is 12.7. The zero-order valence-corrected chi connectivity index (χ0v) is 15.6. The zero-order chi connectivity index (χ0) is 17.7. The number of carbonyl (C=O) groups excluding carboxylic acids is 1. The molecule has 1 amide bonds. The van der Waals surface area contributed by atoms with Gasteiger partial charge in [-0.1, -0.05) is 0 Å². The third kappa shape index (κ3) is 2.77. The van der Waals surface area contributed by atoms with Gasteiger partial charge in [0.1, 0.15) is 12.4 Å². The highest BCUT2D eigenvalue weighted by atomic mass is 32.1. The molecule has 0 atom stereocenters. The smallest absolute Gasteiger partial charge is 0.261 e. The summed E-state index contributed by atoms with van der Waals surface area (Å²) in [5, 5.41) is 23.3. The van der Waals surface area contributed by atoms with E-state index in [1.54, 1.807) is 11.3 Å². The van der Waals surface area contributed by atoms with E-state index in [-0.39, 0.29) is 18.6 Å². The fourth-order valence-corrected chi connectivity index (χ4v) is 5.42. The number of nitrogens with zero attached hydrogens (tertiary/aromatic N) is 3. The predicted octanol–water partition coefficient (Wildman–Crippen LogP) is 2.72. The van der Waals surface area contributed by atoms with Crippen LogP contribution in [0.15, 0.2) is 5.38 Å². The Morgan fingerprint density at radius 3 is 2.85 bits per heavy atom. The molecule has 2 aromatic rings. The Hall–Kier alpha value is -1.73. The first-order chi connectivity index (χ1) is 12.7. The summed E-state index contributed by atoms with van der Waals surface area (Å²) in [6.07, 6.45) is 8.72.